The zero-order valence-corrected chi connectivity index (χ0v) is 12.9. The minimum atomic E-state index is 0.281. The number of hydrogen-bond acceptors (Lipinski definition) is 3. The molecule has 1 spiro atoms. The summed E-state index contributed by atoms with van der Waals surface area (Å²) in [6.07, 6.45) is 12.6. The number of nitrogens with zero attached hydrogens (tertiary/aromatic N) is 3. The van der Waals surface area contributed by atoms with Crippen LogP contribution in [0.4, 0.5) is 0 Å². The van der Waals surface area contributed by atoms with Gasteiger partial charge in [-0.3, -0.25) is 4.90 Å². The summed E-state index contributed by atoms with van der Waals surface area (Å²) in [5, 5.41) is 3.86. The average Bonchev–Trinajstić information content (AvgIpc) is 3.06. The maximum absolute atomic E-state index is 4.11. The molecule has 0 radical (unpaired) electrons. The van der Waals surface area contributed by atoms with E-state index >= 15 is 0 Å². The van der Waals surface area contributed by atoms with Crippen molar-refractivity contribution in [3.63, 3.8) is 0 Å². The summed E-state index contributed by atoms with van der Waals surface area (Å²) in [5.41, 5.74) is 0.702. The first-order valence-electron chi connectivity index (χ1n) is 8.06. The van der Waals surface area contributed by atoms with E-state index in [9.17, 15) is 0 Å². The summed E-state index contributed by atoms with van der Waals surface area (Å²) in [7, 11) is 0. The third kappa shape index (κ3) is 2.91. The summed E-state index contributed by atoms with van der Waals surface area (Å²) in [5.74, 6) is 0. The maximum atomic E-state index is 4.11. The van der Waals surface area contributed by atoms with Gasteiger partial charge in [-0.1, -0.05) is 12.8 Å². The lowest BCUT2D eigenvalue weighted by Crippen LogP contribution is -2.67. The average molecular weight is 276 g/mol. The fourth-order valence-electron chi connectivity index (χ4n) is 3.78. The summed E-state index contributed by atoms with van der Waals surface area (Å²) < 4.78 is 2.18. The zero-order chi connectivity index (χ0) is 14.1. The Labute approximate surface area is 122 Å². The van der Waals surface area contributed by atoms with Crippen molar-refractivity contribution >= 4 is 0 Å². The Balaban J connectivity index is 1.57. The van der Waals surface area contributed by atoms with E-state index in [4.69, 9.17) is 0 Å². The Kier molecular flexibility index (Phi) is 3.87. The van der Waals surface area contributed by atoms with Gasteiger partial charge in [0.05, 0.1) is 6.33 Å². The van der Waals surface area contributed by atoms with Gasteiger partial charge in [-0.2, -0.15) is 0 Å². The molecule has 4 nitrogen and oxygen atoms in total. The maximum Gasteiger partial charge on any atom is 0.0945 e. The number of hydrogen-bond donors (Lipinski definition) is 1. The predicted molar refractivity (Wildman–Crippen MR) is 81.7 cm³/mol. The molecule has 0 aromatic carbocycles. The number of piperazine rings is 1. The number of nitrogens with one attached hydrogen (secondary N) is 1. The molecule has 1 aliphatic carbocycles. The highest BCUT2D eigenvalue weighted by molar-refractivity contribution is 5.04. The number of aromatic nitrogens is 2. The molecule has 0 bridgehead atoms. The van der Waals surface area contributed by atoms with Crippen molar-refractivity contribution < 1.29 is 0 Å². The van der Waals surface area contributed by atoms with Gasteiger partial charge in [-0.15, -0.1) is 0 Å². The second-order valence-electron chi connectivity index (χ2n) is 7.23. The van der Waals surface area contributed by atoms with E-state index in [0.29, 0.717) is 5.54 Å². The molecule has 1 aromatic rings. The van der Waals surface area contributed by atoms with Crippen LogP contribution in [0.15, 0.2) is 18.7 Å². The van der Waals surface area contributed by atoms with Crippen LogP contribution in [-0.4, -0.2) is 45.2 Å². The van der Waals surface area contributed by atoms with E-state index in [-0.39, 0.29) is 5.54 Å². The molecule has 2 heterocycles. The van der Waals surface area contributed by atoms with Crippen LogP contribution in [0.25, 0.3) is 0 Å². The van der Waals surface area contributed by atoms with Crippen LogP contribution in [0.1, 0.15) is 46.0 Å². The largest absolute Gasteiger partial charge is 0.337 e. The Morgan fingerprint density at radius 1 is 1.20 bits per heavy atom. The first-order valence-corrected chi connectivity index (χ1v) is 8.06. The standard InChI is InChI=1S/C16H28N4/c1-15(2)12-18-16(6-3-4-7-16)13-20(15)10-5-9-19-11-8-17-14-19/h8,11,14,18H,3-7,9-10,12-13H2,1-2H3. The summed E-state index contributed by atoms with van der Waals surface area (Å²) >= 11 is 0. The smallest absolute Gasteiger partial charge is 0.0945 e. The van der Waals surface area contributed by atoms with Crippen LogP contribution in [-0.2, 0) is 6.54 Å². The molecule has 2 fully saturated rings. The highest BCUT2D eigenvalue weighted by Crippen LogP contribution is 2.35. The SMILES string of the molecule is CC1(C)CNC2(CCCC2)CN1CCCn1ccnc1. The van der Waals surface area contributed by atoms with Crippen LogP contribution in [0.2, 0.25) is 0 Å². The second-order valence-corrected chi connectivity index (χ2v) is 7.23. The van der Waals surface area contributed by atoms with Crippen LogP contribution in [0.3, 0.4) is 0 Å². The zero-order valence-electron chi connectivity index (χ0n) is 12.9. The van der Waals surface area contributed by atoms with Crippen LogP contribution in [0, 0.1) is 0 Å². The molecule has 3 rings (SSSR count). The van der Waals surface area contributed by atoms with Crippen molar-refractivity contribution in [1.82, 2.24) is 19.8 Å². The van der Waals surface area contributed by atoms with E-state index in [2.05, 4.69) is 39.8 Å². The molecule has 1 aromatic heterocycles. The molecule has 0 atom stereocenters. The van der Waals surface area contributed by atoms with Crippen molar-refractivity contribution in [2.24, 2.45) is 0 Å². The Morgan fingerprint density at radius 2 is 2.00 bits per heavy atom. The fourth-order valence-corrected chi connectivity index (χ4v) is 3.78. The van der Waals surface area contributed by atoms with Crippen LogP contribution >= 0.6 is 0 Å². The normalized spacial score (nSPS) is 25.3. The Hall–Kier alpha value is -0.870. The quantitative estimate of drug-likeness (QED) is 0.916. The minimum absolute atomic E-state index is 0.281. The lowest BCUT2D eigenvalue weighted by atomic mass is 9.87. The van der Waals surface area contributed by atoms with Gasteiger partial charge in [0.15, 0.2) is 0 Å². The van der Waals surface area contributed by atoms with Crippen LogP contribution in [0.5, 0.6) is 0 Å². The van der Waals surface area contributed by atoms with E-state index in [1.165, 1.54) is 45.2 Å². The molecule has 1 aliphatic heterocycles. The van der Waals surface area contributed by atoms with Gasteiger partial charge in [0.25, 0.3) is 0 Å². The molecule has 1 saturated carbocycles. The molecule has 2 aliphatic rings. The first kappa shape index (κ1) is 14.1. The molecule has 0 amide bonds. The molecule has 20 heavy (non-hydrogen) atoms. The molecule has 1 saturated heterocycles. The lowest BCUT2D eigenvalue weighted by Gasteiger charge is -2.51. The molecule has 0 unspecified atom stereocenters. The van der Waals surface area contributed by atoms with Gasteiger partial charge in [-0.25, -0.2) is 4.98 Å². The Morgan fingerprint density at radius 3 is 2.70 bits per heavy atom. The van der Waals surface area contributed by atoms with Crippen molar-refractivity contribution in [2.75, 3.05) is 19.6 Å². The van der Waals surface area contributed by atoms with Gasteiger partial charge in [0, 0.05) is 49.7 Å². The number of aryl methyl sites for hydroxylation is 1. The molecular weight excluding hydrogens is 248 g/mol. The van der Waals surface area contributed by atoms with Crippen molar-refractivity contribution in [2.45, 2.75) is 63.6 Å². The Bertz CT molecular complexity index is 418. The van der Waals surface area contributed by atoms with Gasteiger partial charge >= 0.3 is 0 Å². The summed E-state index contributed by atoms with van der Waals surface area (Å²) in [4.78, 5) is 6.83. The van der Waals surface area contributed by atoms with Crippen molar-refractivity contribution in [3.8, 4) is 0 Å². The van der Waals surface area contributed by atoms with Gasteiger partial charge < -0.3 is 9.88 Å². The summed E-state index contributed by atoms with van der Waals surface area (Å²) in [6.45, 7) is 9.36. The van der Waals surface area contributed by atoms with E-state index in [1.807, 2.05) is 12.5 Å². The van der Waals surface area contributed by atoms with Crippen molar-refractivity contribution in [3.05, 3.63) is 18.7 Å². The summed E-state index contributed by atoms with van der Waals surface area (Å²) in [6, 6.07) is 0. The van der Waals surface area contributed by atoms with E-state index in [1.54, 1.807) is 0 Å². The van der Waals surface area contributed by atoms with Gasteiger partial charge in [-0.05, 0) is 33.1 Å². The molecule has 112 valence electrons. The van der Waals surface area contributed by atoms with Crippen LogP contribution < -0.4 is 5.32 Å². The first-order chi connectivity index (χ1) is 9.60. The molecule has 4 heteroatoms. The van der Waals surface area contributed by atoms with E-state index in [0.717, 1.165) is 13.1 Å². The fraction of sp³-hybridized carbons (Fsp3) is 0.812. The van der Waals surface area contributed by atoms with Gasteiger partial charge in [0.2, 0.25) is 0 Å². The monoisotopic (exact) mass is 276 g/mol. The minimum Gasteiger partial charge on any atom is -0.337 e. The topological polar surface area (TPSA) is 33.1 Å². The second kappa shape index (κ2) is 5.49. The highest BCUT2D eigenvalue weighted by Gasteiger charge is 2.43. The van der Waals surface area contributed by atoms with Gasteiger partial charge in [0.1, 0.15) is 0 Å². The number of imidazole rings is 1. The highest BCUT2D eigenvalue weighted by atomic mass is 15.3. The predicted octanol–water partition coefficient (Wildman–Crippen LogP) is 2.27. The third-order valence-electron chi connectivity index (χ3n) is 5.21. The molecular formula is C16H28N4. The number of rotatable bonds is 4. The lowest BCUT2D eigenvalue weighted by molar-refractivity contribution is 0.0267. The third-order valence-corrected chi connectivity index (χ3v) is 5.21. The van der Waals surface area contributed by atoms with Crippen molar-refractivity contribution in [1.29, 1.82) is 0 Å². The van der Waals surface area contributed by atoms with E-state index < -0.39 is 0 Å². The molecule has 1 N–H and O–H groups in total.